The second kappa shape index (κ2) is 5.36. The van der Waals surface area contributed by atoms with Gasteiger partial charge in [0, 0.05) is 36.4 Å². The predicted molar refractivity (Wildman–Crippen MR) is 84.0 cm³/mol. The van der Waals surface area contributed by atoms with Gasteiger partial charge in [0.15, 0.2) is 0 Å². The van der Waals surface area contributed by atoms with Gasteiger partial charge in [-0.2, -0.15) is 0 Å². The highest BCUT2D eigenvalue weighted by Crippen LogP contribution is 2.42. The van der Waals surface area contributed by atoms with Gasteiger partial charge in [0.05, 0.1) is 0 Å². The van der Waals surface area contributed by atoms with Crippen LogP contribution in [0.2, 0.25) is 0 Å². The van der Waals surface area contributed by atoms with Crippen LogP contribution in [0.4, 0.5) is 0 Å². The van der Waals surface area contributed by atoms with Gasteiger partial charge in [0.1, 0.15) is 0 Å². The third-order valence-corrected chi connectivity index (χ3v) is 5.13. The lowest BCUT2D eigenvalue weighted by molar-refractivity contribution is -0.155. The molecule has 2 aliphatic rings. The zero-order chi connectivity index (χ0) is 16.9. The van der Waals surface area contributed by atoms with E-state index in [0.29, 0.717) is 25.7 Å². The molecule has 0 saturated carbocycles. The van der Waals surface area contributed by atoms with Crippen LogP contribution in [0.5, 0.6) is 0 Å². The van der Waals surface area contributed by atoms with E-state index in [1.807, 2.05) is 39.5 Å². The highest BCUT2D eigenvalue weighted by atomic mass is 16.2. The number of likely N-dealkylation sites (tertiary alicyclic amines) is 2. The molecule has 1 unspecified atom stereocenters. The van der Waals surface area contributed by atoms with Crippen molar-refractivity contribution in [3.8, 4) is 0 Å². The lowest BCUT2D eigenvalue weighted by Gasteiger charge is -2.56. The highest BCUT2D eigenvalue weighted by molar-refractivity contribution is 6.03. The molecule has 0 bridgehead atoms. The van der Waals surface area contributed by atoms with Crippen molar-refractivity contribution in [3.05, 3.63) is 0 Å². The van der Waals surface area contributed by atoms with Gasteiger partial charge in [-0.15, -0.1) is 0 Å². The molecule has 22 heavy (non-hydrogen) atoms. The second-order valence-corrected chi connectivity index (χ2v) is 7.95. The van der Waals surface area contributed by atoms with E-state index in [1.165, 1.54) is 4.90 Å². The van der Waals surface area contributed by atoms with Crippen molar-refractivity contribution in [2.45, 2.75) is 84.3 Å². The number of carbonyl (C=O) groups is 3. The predicted octanol–water partition coefficient (Wildman–Crippen LogP) is 2.34. The fraction of sp³-hybridized carbons (Fsp3) is 0.824. The maximum atomic E-state index is 12.5. The number of amides is 3. The van der Waals surface area contributed by atoms with Gasteiger partial charge in [-0.3, -0.25) is 19.3 Å². The molecule has 0 spiro atoms. The van der Waals surface area contributed by atoms with E-state index in [4.69, 9.17) is 0 Å². The average molecular weight is 308 g/mol. The highest BCUT2D eigenvalue weighted by Gasteiger charge is 2.51. The van der Waals surface area contributed by atoms with E-state index >= 15 is 0 Å². The molecule has 0 aromatic rings. The summed E-state index contributed by atoms with van der Waals surface area (Å²) in [7, 11) is 0. The summed E-state index contributed by atoms with van der Waals surface area (Å²) in [6.07, 6.45) is 2.33. The Morgan fingerprint density at radius 1 is 1.14 bits per heavy atom. The molecule has 2 fully saturated rings. The smallest absolute Gasteiger partial charge is 0.233 e. The quantitative estimate of drug-likeness (QED) is 0.736. The van der Waals surface area contributed by atoms with E-state index < -0.39 is 0 Å². The molecule has 0 radical (unpaired) electrons. The Hall–Kier alpha value is -1.39. The third-order valence-electron chi connectivity index (χ3n) is 5.13. The Morgan fingerprint density at radius 2 is 1.64 bits per heavy atom. The standard InChI is InChI=1S/C17H28N2O3/c1-7-12-8-14(21)18(15(12)22)13-9-16(3,4)19(11(2)20)17(5,6)10-13/h12-13H,7-10H2,1-6H3. The first kappa shape index (κ1) is 17.0. The summed E-state index contributed by atoms with van der Waals surface area (Å²) in [6.45, 7) is 11.6. The number of piperidine rings is 1. The fourth-order valence-corrected chi connectivity index (χ4v) is 4.68. The van der Waals surface area contributed by atoms with Gasteiger partial charge < -0.3 is 4.90 Å². The van der Waals surface area contributed by atoms with Crippen molar-refractivity contribution in [1.29, 1.82) is 0 Å². The average Bonchev–Trinajstić information content (AvgIpc) is 2.59. The summed E-state index contributed by atoms with van der Waals surface area (Å²) in [6, 6.07) is -0.114. The maximum absolute atomic E-state index is 12.5. The van der Waals surface area contributed by atoms with Crippen molar-refractivity contribution in [3.63, 3.8) is 0 Å². The topological polar surface area (TPSA) is 57.7 Å². The lowest BCUT2D eigenvalue weighted by Crippen LogP contribution is -2.66. The van der Waals surface area contributed by atoms with Crippen LogP contribution in [-0.4, -0.2) is 44.6 Å². The molecule has 2 heterocycles. The monoisotopic (exact) mass is 308 g/mol. The second-order valence-electron chi connectivity index (χ2n) is 7.95. The van der Waals surface area contributed by atoms with Gasteiger partial charge in [-0.25, -0.2) is 0 Å². The number of hydrogen-bond acceptors (Lipinski definition) is 3. The number of nitrogens with zero attached hydrogens (tertiary/aromatic N) is 2. The van der Waals surface area contributed by atoms with Crippen LogP contribution >= 0.6 is 0 Å². The zero-order valence-electron chi connectivity index (χ0n) is 14.6. The lowest BCUT2D eigenvalue weighted by atomic mass is 9.76. The Morgan fingerprint density at radius 3 is 2.00 bits per heavy atom. The minimum absolute atomic E-state index is 0.0274. The Bertz CT molecular complexity index is 492. The molecule has 0 aromatic heterocycles. The van der Waals surface area contributed by atoms with Crippen LogP contribution in [0.15, 0.2) is 0 Å². The fourth-order valence-electron chi connectivity index (χ4n) is 4.68. The summed E-state index contributed by atoms with van der Waals surface area (Å²) in [5.74, 6) is -0.200. The number of hydrogen-bond donors (Lipinski definition) is 0. The largest absolute Gasteiger partial charge is 0.333 e. The molecule has 2 aliphatic heterocycles. The normalized spacial score (nSPS) is 28.4. The van der Waals surface area contributed by atoms with Gasteiger partial charge in [-0.1, -0.05) is 6.92 Å². The molecule has 0 aromatic carbocycles. The number of imide groups is 1. The van der Waals surface area contributed by atoms with Crippen LogP contribution in [0, 0.1) is 5.92 Å². The van der Waals surface area contributed by atoms with Crippen molar-refractivity contribution >= 4 is 17.7 Å². The van der Waals surface area contributed by atoms with Crippen LogP contribution in [0.1, 0.15) is 67.2 Å². The van der Waals surface area contributed by atoms with E-state index in [1.54, 1.807) is 6.92 Å². The van der Waals surface area contributed by atoms with Crippen molar-refractivity contribution < 1.29 is 14.4 Å². The van der Waals surface area contributed by atoms with Crippen molar-refractivity contribution in [2.75, 3.05) is 0 Å². The summed E-state index contributed by atoms with van der Waals surface area (Å²) in [4.78, 5) is 40.3. The molecule has 124 valence electrons. The minimum Gasteiger partial charge on any atom is -0.333 e. The summed E-state index contributed by atoms with van der Waals surface area (Å²) >= 11 is 0. The number of carbonyl (C=O) groups excluding carboxylic acids is 3. The molecule has 2 saturated heterocycles. The first-order valence-electron chi connectivity index (χ1n) is 8.18. The van der Waals surface area contributed by atoms with Crippen LogP contribution < -0.4 is 0 Å². The van der Waals surface area contributed by atoms with E-state index in [0.717, 1.165) is 0 Å². The van der Waals surface area contributed by atoms with Crippen LogP contribution in [-0.2, 0) is 14.4 Å². The molecule has 5 nitrogen and oxygen atoms in total. The molecule has 0 aliphatic carbocycles. The molecule has 0 N–H and O–H groups in total. The number of rotatable bonds is 2. The summed E-state index contributed by atoms with van der Waals surface area (Å²) in [5.41, 5.74) is -0.744. The summed E-state index contributed by atoms with van der Waals surface area (Å²) in [5, 5.41) is 0. The van der Waals surface area contributed by atoms with Crippen LogP contribution in [0.25, 0.3) is 0 Å². The minimum atomic E-state index is -0.372. The molecule has 1 atom stereocenters. The van der Waals surface area contributed by atoms with Crippen molar-refractivity contribution in [1.82, 2.24) is 9.80 Å². The summed E-state index contributed by atoms with van der Waals surface area (Å²) < 4.78 is 0. The Labute approximate surface area is 133 Å². The van der Waals surface area contributed by atoms with E-state index in [-0.39, 0.29) is 40.8 Å². The zero-order valence-corrected chi connectivity index (χ0v) is 14.6. The SMILES string of the molecule is CCC1CC(=O)N(C2CC(C)(C)N(C(C)=O)C(C)(C)C2)C1=O. The Balaban J connectivity index is 2.31. The van der Waals surface area contributed by atoms with Gasteiger partial charge >= 0.3 is 0 Å². The first-order chi connectivity index (χ1) is 10.0. The van der Waals surface area contributed by atoms with E-state index in [9.17, 15) is 14.4 Å². The molecule has 3 amide bonds. The molecule has 5 heteroatoms. The van der Waals surface area contributed by atoms with Gasteiger partial charge in [0.25, 0.3) is 0 Å². The third kappa shape index (κ3) is 2.66. The van der Waals surface area contributed by atoms with Crippen molar-refractivity contribution in [2.24, 2.45) is 5.92 Å². The maximum Gasteiger partial charge on any atom is 0.233 e. The molecular formula is C17H28N2O3. The van der Waals surface area contributed by atoms with Gasteiger partial charge in [0.2, 0.25) is 17.7 Å². The Kier molecular flexibility index (Phi) is 4.13. The molecule has 2 rings (SSSR count). The van der Waals surface area contributed by atoms with Crippen LogP contribution in [0.3, 0.4) is 0 Å². The van der Waals surface area contributed by atoms with Gasteiger partial charge in [-0.05, 0) is 47.0 Å². The first-order valence-corrected chi connectivity index (χ1v) is 8.18. The van der Waals surface area contributed by atoms with E-state index in [2.05, 4.69) is 0 Å². The molecular weight excluding hydrogens is 280 g/mol.